The average Bonchev–Trinajstić information content (AvgIpc) is 3.63. The van der Waals surface area contributed by atoms with Crippen LogP contribution in [0.5, 0.6) is 11.5 Å². The molecule has 2 aliphatic heterocycles. The smallest absolute Gasteiger partial charge is 0.266 e. The molecule has 222 valence electrons. The molecular formula is C31H32N6O4S2. The van der Waals surface area contributed by atoms with Gasteiger partial charge in [-0.05, 0) is 71.1 Å². The van der Waals surface area contributed by atoms with Crippen LogP contribution in [0.2, 0.25) is 0 Å². The van der Waals surface area contributed by atoms with Crippen molar-refractivity contribution in [3.05, 3.63) is 70.9 Å². The third-order valence-electron chi connectivity index (χ3n) is 7.52. The fourth-order valence-corrected chi connectivity index (χ4v) is 6.47. The van der Waals surface area contributed by atoms with Crippen molar-refractivity contribution in [3.63, 3.8) is 0 Å². The maximum absolute atomic E-state index is 13.4. The molecule has 2 aliphatic rings. The predicted octanol–water partition coefficient (Wildman–Crippen LogP) is 4.66. The fourth-order valence-electron chi connectivity index (χ4n) is 5.17. The topological polar surface area (TPSA) is 117 Å². The van der Waals surface area contributed by atoms with E-state index in [4.69, 9.17) is 21.7 Å². The molecule has 6 rings (SSSR count). The molecule has 0 saturated carbocycles. The monoisotopic (exact) mass is 616 g/mol. The highest BCUT2D eigenvalue weighted by atomic mass is 32.2. The summed E-state index contributed by atoms with van der Waals surface area (Å²) in [7, 11) is 0. The summed E-state index contributed by atoms with van der Waals surface area (Å²) in [5.41, 5.74) is 2.85. The van der Waals surface area contributed by atoms with Crippen molar-refractivity contribution in [2.24, 2.45) is 0 Å². The second-order valence-corrected chi connectivity index (χ2v) is 12.1. The number of fused-ring (bicyclic) bond motifs is 1. The summed E-state index contributed by atoms with van der Waals surface area (Å²) in [6.45, 7) is 5.14. The van der Waals surface area contributed by atoms with Crippen molar-refractivity contribution in [1.82, 2.24) is 30.4 Å². The van der Waals surface area contributed by atoms with Gasteiger partial charge in [-0.2, -0.15) is 5.21 Å². The van der Waals surface area contributed by atoms with Crippen LogP contribution < -0.4 is 4.74 Å². The minimum atomic E-state index is -0.0928. The first kappa shape index (κ1) is 29.2. The van der Waals surface area contributed by atoms with E-state index in [1.54, 1.807) is 17.0 Å². The highest BCUT2D eigenvalue weighted by Gasteiger charge is 2.31. The van der Waals surface area contributed by atoms with Gasteiger partial charge in [-0.3, -0.25) is 14.6 Å². The van der Waals surface area contributed by atoms with Crippen molar-refractivity contribution in [2.45, 2.75) is 19.3 Å². The van der Waals surface area contributed by atoms with E-state index < -0.39 is 0 Å². The van der Waals surface area contributed by atoms with E-state index in [2.05, 4.69) is 37.7 Å². The molecule has 3 aromatic carbocycles. The zero-order chi connectivity index (χ0) is 29.6. The van der Waals surface area contributed by atoms with Crippen molar-refractivity contribution >= 4 is 51.1 Å². The standard InChI is InChI=1S/C31H32N6O4S2/c38-26-8-6-22-17-21(4-5-24(22)19-26)23-7-9-27(41-16-13-36-11-14-40-15-12-36)25(18-23)20-28-30(39)37(31(42)43-28)10-2-1-3-29-32-34-35-33-29/h4-9,17-20,38H,1-3,10-16H2,(H,32,33,34,35). The number of thiocarbonyl (C=S) groups is 1. The number of H-pyrrole nitrogens is 1. The van der Waals surface area contributed by atoms with E-state index in [1.807, 2.05) is 36.4 Å². The molecule has 0 radical (unpaired) electrons. The number of nitrogens with zero attached hydrogens (tertiary/aromatic N) is 5. The molecule has 2 N–H and O–H groups in total. The number of morpholine rings is 1. The second kappa shape index (κ2) is 13.6. The summed E-state index contributed by atoms with van der Waals surface area (Å²) in [4.78, 5) is 18.0. The number of benzene rings is 3. The molecule has 4 aromatic rings. The summed E-state index contributed by atoms with van der Waals surface area (Å²) in [6, 6.07) is 17.6. The zero-order valence-electron chi connectivity index (χ0n) is 23.6. The maximum atomic E-state index is 13.4. The lowest BCUT2D eigenvalue weighted by atomic mass is 9.99. The first-order valence-corrected chi connectivity index (χ1v) is 15.5. The molecule has 0 unspecified atom stereocenters. The van der Waals surface area contributed by atoms with Gasteiger partial charge in [0.1, 0.15) is 22.4 Å². The van der Waals surface area contributed by atoms with E-state index in [0.717, 1.165) is 73.2 Å². The molecule has 1 aromatic heterocycles. The number of hydrogen-bond donors (Lipinski definition) is 2. The molecule has 0 atom stereocenters. The van der Waals surface area contributed by atoms with Crippen LogP contribution in [0.25, 0.3) is 28.0 Å². The van der Waals surface area contributed by atoms with E-state index in [-0.39, 0.29) is 11.7 Å². The van der Waals surface area contributed by atoms with Crippen molar-refractivity contribution < 1.29 is 19.4 Å². The minimum Gasteiger partial charge on any atom is -0.508 e. The minimum absolute atomic E-state index is 0.0928. The Hall–Kier alpha value is -3.84. The molecule has 1 amide bonds. The van der Waals surface area contributed by atoms with Crippen LogP contribution in [-0.4, -0.2) is 91.8 Å². The number of unbranched alkanes of at least 4 members (excludes halogenated alkanes) is 1. The first-order chi connectivity index (χ1) is 21.0. The molecule has 0 bridgehead atoms. The molecular weight excluding hydrogens is 585 g/mol. The zero-order valence-corrected chi connectivity index (χ0v) is 25.2. The van der Waals surface area contributed by atoms with Crippen LogP contribution >= 0.6 is 24.0 Å². The van der Waals surface area contributed by atoms with Crippen molar-refractivity contribution in [3.8, 4) is 22.6 Å². The Morgan fingerprint density at radius 2 is 1.81 bits per heavy atom. The van der Waals surface area contributed by atoms with Gasteiger partial charge in [-0.25, -0.2) is 0 Å². The van der Waals surface area contributed by atoms with Gasteiger partial charge < -0.3 is 14.6 Å². The van der Waals surface area contributed by atoms with Crippen molar-refractivity contribution in [2.75, 3.05) is 46.0 Å². The number of aromatic amines is 1. The van der Waals surface area contributed by atoms with Gasteiger partial charge in [0.05, 0.1) is 18.1 Å². The first-order valence-electron chi connectivity index (χ1n) is 14.3. The Morgan fingerprint density at radius 1 is 1.02 bits per heavy atom. The lowest BCUT2D eigenvalue weighted by Crippen LogP contribution is -2.38. The SMILES string of the molecule is O=C1C(=Cc2cc(-c3ccc4cc(O)ccc4c3)ccc2OCCN2CCOCC2)SC(=S)N1CCCCc1nn[nH]n1. The number of carbonyl (C=O) groups excluding carboxylic acids is 1. The Bertz CT molecular complexity index is 1640. The Kier molecular flexibility index (Phi) is 9.27. The van der Waals surface area contributed by atoms with Gasteiger partial charge in [-0.1, -0.05) is 53.5 Å². The number of phenolic OH excluding ortho intramolecular Hbond substituents is 1. The highest BCUT2D eigenvalue weighted by molar-refractivity contribution is 8.26. The number of thioether (sulfide) groups is 1. The molecule has 43 heavy (non-hydrogen) atoms. The quantitative estimate of drug-likeness (QED) is 0.140. The molecule has 10 nitrogen and oxygen atoms in total. The number of carbonyl (C=O) groups is 1. The summed E-state index contributed by atoms with van der Waals surface area (Å²) in [5.74, 6) is 1.53. The van der Waals surface area contributed by atoms with Crippen LogP contribution in [0.4, 0.5) is 0 Å². The van der Waals surface area contributed by atoms with Crippen LogP contribution in [0.15, 0.2) is 59.5 Å². The van der Waals surface area contributed by atoms with Gasteiger partial charge in [0, 0.05) is 38.2 Å². The van der Waals surface area contributed by atoms with Gasteiger partial charge in [0.2, 0.25) is 0 Å². The number of ether oxygens (including phenoxy) is 2. The number of aryl methyl sites for hydroxylation is 1. The summed E-state index contributed by atoms with van der Waals surface area (Å²) < 4.78 is 12.3. The van der Waals surface area contributed by atoms with Crippen molar-refractivity contribution in [1.29, 1.82) is 0 Å². The second-order valence-electron chi connectivity index (χ2n) is 10.4. The Labute approximate surface area is 259 Å². The van der Waals surface area contributed by atoms with E-state index in [0.29, 0.717) is 40.4 Å². The maximum Gasteiger partial charge on any atom is 0.266 e. The fraction of sp³-hybridized carbons (Fsp3) is 0.323. The largest absolute Gasteiger partial charge is 0.508 e. The molecule has 0 aliphatic carbocycles. The van der Waals surface area contributed by atoms with Crippen LogP contribution in [0, 0.1) is 0 Å². The van der Waals surface area contributed by atoms with E-state index >= 15 is 0 Å². The van der Waals surface area contributed by atoms with Crippen LogP contribution in [0.1, 0.15) is 24.2 Å². The lowest BCUT2D eigenvalue weighted by molar-refractivity contribution is -0.122. The average molecular weight is 617 g/mol. The third kappa shape index (κ3) is 7.21. The highest BCUT2D eigenvalue weighted by Crippen LogP contribution is 2.36. The number of hydrogen-bond acceptors (Lipinski definition) is 10. The van der Waals surface area contributed by atoms with Gasteiger partial charge in [-0.15, -0.1) is 10.2 Å². The molecule has 12 heteroatoms. The third-order valence-corrected chi connectivity index (χ3v) is 8.90. The van der Waals surface area contributed by atoms with Gasteiger partial charge >= 0.3 is 0 Å². The number of nitrogens with one attached hydrogen (secondary N) is 1. The van der Waals surface area contributed by atoms with Gasteiger partial charge in [0.15, 0.2) is 5.82 Å². The number of rotatable bonds is 11. The summed E-state index contributed by atoms with van der Waals surface area (Å²) in [5, 5.41) is 25.9. The van der Waals surface area contributed by atoms with Gasteiger partial charge in [0.25, 0.3) is 5.91 Å². The number of aromatic hydroxyl groups is 1. The molecule has 0 spiro atoms. The molecule has 2 saturated heterocycles. The Morgan fingerprint density at radius 3 is 2.65 bits per heavy atom. The van der Waals surface area contributed by atoms with E-state index in [1.165, 1.54) is 11.8 Å². The van der Waals surface area contributed by atoms with Crippen LogP contribution in [0.3, 0.4) is 0 Å². The summed E-state index contributed by atoms with van der Waals surface area (Å²) in [6.07, 6.45) is 4.18. The lowest BCUT2D eigenvalue weighted by Gasteiger charge is -2.26. The van der Waals surface area contributed by atoms with Crippen LogP contribution in [-0.2, 0) is 16.0 Å². The summed E-state index contributed by atoms with van der Waals surface area (Å²) >= 11 is 6.91. The normalized spacial score (nSPS) is 16.9. The van der Waals surface area contributed by atoms with E-state index in [9.17, 15) is 9.90 Å². The molecule has 3 heterocycles. The number of aromatic nitrogens is 4. The predicted molar refractivity (Wildman–Crippen MR) is 171 cm³/mol. The Balaban J connectivity index is 1.22. The number of tetrazole rings is 1. The molecule has 2 fully saturated rings. The number of amides is 1. The number of phenols is 1.